The van der Waals surface area contributed by atoms with Gasteiger partial charge in [0.1, 0.15) is 11.6 Å². The monoisotopic (exact) mass is 324 g/mol. The van der Waals surface area contributed by atoms with E-state index in [9.17, 15) is 4.39 Å². The molecule has 0 aliphatic carbocycles. The molecule has 1 aromatic carbocycles. The van der Waals surface area contributed by atoms with Gasteiger partial charge in [-0.25, -0.2) is 9.37 Å². The number of ether oxygens (including phenoxy) is 1. The molecule has 0 N–H and O–H groups in total. The highest BCUT2D eigenvalue weighted by Crippen LogP contribution is 2.31. The summed E-state index contributed by atoms with van der Waals surface area (Å²) in [5, 5.41) is 0.519. The topological polar surface area (TPSA) is 27.1 Å². The smallest absolute Gasteiger partial charge is 0.126 e. The zero-order chi connectivity index (χ0) is 16.3. The number of nitrogens with zero attached hydrogens (tertiary/aromatic N) is 2. The van der Waals surface area contributed by atoms with Gasteiger partial charge >= 0.3 is 0 Å². The van der Waals surface area contributed by atoms with Crippen molar-refractivity contribution < 1.29 is 9.13 Å². The second-order valence-corrected chi connectivity index (χ2v) is 5.81. The molecule has 1 unspecified atom stereocenters. The van der Waals surface area contributed by atoms with Gasteiger partial charge in [-0.3, -0.25) is 0 Å². The van der Waals surface area contributed by atoms with E-state index in [-0.39, 0.29) is 11.9 Å². The third kappa shape index (κ3) is 3.33. The minimum absolute atomic E-state index is 0.218. The maximum Gasteiger partial charge on any atom is 0.126 e. The largest absolute Gasteiger partial charge is 0.383 e. The van der Waals surface area contributed by atoms with Crippen LogP contribution in [0.25, 0.3) is 11.3 Å². The first-order valence-electron chi connectivity index (χ1n) is 7.54. The highest BCUT2D eigenvalue weighted by Gasteiger charge is 2.17. The van der Waals surface area contributed by atoms with Crippen LogP contribution >= 0.6 is 11.6 Å². The first-order valence-corrected chi connectivity index (χ1v) is 7.92. The van der Waals surface area contributed by atoms with Gasteiger partial charge in [0.25, 0.3) is 0 Å². The molecule has 120 valence electrons. The van der Waals surface area contributed by atoms with Crippen LogP contribution in [0.3, 0.4) is 0 Å². The quantitative estimate of drug-likeness (QED) is 0.762. The summed E-state index contributed by atoms with van der Waals surface area (Å²) in [6.07, 6.45) is 3.68. The van der Waals surface area contributed by atoms with Gasteiger partial charge in [0.05, 0.1) is 23.4 Å². The Kier molecular flexibility index (Phi) is 5.59. The Labute approximate surface area is 136 Å². The Morgan fingerprint density at radius 3 is 2.68 bits per heavy atom. The molecule has 0 fully saturated rings. The van der Waals surface area contributed by atoms with Gasteiger partial charge in [-0.15, -0.1) is 0 Å². The Morgan fingerprint density at radius 1 is 1.36 bits per heavy atom. The van der Waals surface area contributed by atoms with Gasteiger partial charge in [-0.2, -0.15) is 0 Å². The summed E-state index contributed by atoms with van der Waals surface area (Å²) in [5.74, 6) is 0.687. The van der Waals surface area contributed by atoms with E-state index in [2.05, 4.69) is 23.4 Å². The second kappa shape index (κ2) is 7.25. The molecule has 0 aliphatic heterocycles. The molecule has 0 radical (unpaired) electrons. The molecule has 0 saturated heterocycles. The lowest BCUT2D eigenvalue weighted by Crippen LogP contribution is -2.15. The van der Waals surface area contributed by atoms with Gasteiger partial charge < -0.3 is 9.30 Å². The Morgan fingerprint density at radius 2 is 2.09 bits per heavy atom. The molecular formula is C17H22ClFN2O. The van der Waals surface area contributed by atoms with E-state index in [1.165, 1.54) is 6.07 Å². The minimum Gasteiger partial charge on any atom is -0.383 e. The van der Waals surface area contributed by atoms with Crippen LogP contribution in [0.1, 0.15) is 37.7 Å². The van der Waals surface area contributed by atoms with Gasteiger partial charge in [0.2, 0.25) is 0 Å². The average molecular weight is 325 g/mol. The molecule has 1 heterocycles. The summed E-state index contributed by atoms with van der Waals surface area (Å²) in [4.78, 5) is 4.64. The van der Waals surface area contributed by atoms with Gasteiger partial charge in [-0.1, -0.05) is 25.4 Å². The molecule has 5 heteroatoms. The van der Waals surface area contributed by atoms with Crippen LogP contribution in [0.2, 0.25) is 5.02 Å². The highest BCUT2D eigenvalue weighted by molar-refractivity contribution is 6.33. The number of rotatable bonds is 6. The molecule has 0 spiro atoms. The number of aryl methyl sites for hydroxylation is 2. The van der Waals surface area contributed by atoms with E-state index < -0.39 is 0 Å². The van der Waals surface area contributed by atoms with Crippen molar-refractivity contribution in [3.63, 3.8) is 0 Å². The third-order valence-corrected chi connectivity index (χ3v) is 4.19. The van der Waals surface area contributed by atoms with Gasteiger partial charge in [-0.05, 0) is 31.0 Å². The van der Waals surface area contributed by atoms with Crippen molar-refractivity contribution >= 4 is 11.6 Å². The van der Waals surface area contributed by atoms with E-state index in [1.807, 2.05) is 6.20 Å². The molecule has 2 aromatic rings. The summed E-state index contributed by atoms with van der Waals surface area (Å²) < 4.78 is 21.3. The van der Waals surface area contributed by atoms with E-state index in [4.69, 9.17) is 16.3 Å². The van der Waals surface area contributed by atoms with Crippen molar-refractivity contribution in [2.45, 2.75) is 39.7 Å². The SMILES string of the molecule is CCc1nc(-c2cc(F)c(C)cc2Cl)cn1C(CC)COC. The maximum atomic E-state index is 13.9. The first kappa shape index (κ1) is 17.0. The lowest BCUT2D eigenvalue weighted by Gasteiger charge is -2.17. The van der Waals surface area contributed by atoms with Crippen molar-refractivity contribution in [3.05, 3.63) is 40.6 Å². The van der Waals surface area contributed by atoms with Crippen LogP contribution < -0.4 is 0 Å². The minimum atomic E-state index is -0.268. The number of halogens is 2. The number of hydrogen-bond acceptors (Lipinski definition) is 2. The molecular weight excluding hydrogens is 303 g/mol. The number of benzene rings is 1. The van der Waals surface area contributed by atoms with E-state index in [0.717, 1.165) is 18.7 Å². The van der Waals surface area contributed by atoms with Gasteiger partial charge in [0.15, 0.2) is 0 Å². The predicted molar refractivity (Wildman–Crippen MR) is 88.0 cm³/mol. The molecule has 2 rings (SSSR count). The summed E-state index contributed by atoms with van der Waals surface area (Å²) in [6.45, 7) is 6.49. The van der Waals surface area contributed by atoms with Crippen LogP contribution in [0.15, 0.2) is 18.3 Å². The zero-order valence-corrected chi connectivity index (χ0v) is 14.2. The standard InChI is InChI=1S/C17H22ClFN2O/c1-5-12(10-22-4)21-9-16(20-17(21)6-2)13-8-15(19)11(3)7-14(13)18/h7-9,12H,5-6,10H2,1-4H3. The molecule has 0 aliphatic rings. The van der Waals surface area contributed by atoms with Crippen LogP contribution in [0, 0.1) is 12.7 Å². The Hall–Kier alpha value is -1.39. The van der Waals surface area contributed by atoms with E-state index in [0.29, 0.717) is 28.5 Å². The van der Waals surface area contributed by atoms with Crippen LogP contribution in [-0.4, -0.2) is 23.3 Å². The fourth-order valence-electron chi connectivity index (χ4n) is 2.57. The number of aromatic nitrogens is 2. The molecule has 1 aromatic heterocycles. The molecule has 22 heavy (non-hydrogen) atoms. The average Bonchev–Trinajstić information content (AvgIpc) is 2.92. The fourth-order valence-corrected chi connectivity index (χ4v) is 2.88. The van der Waals surface area contributed by atoms with Crippen LogP contribution in [0.5, 0.6) is 0 Å². The summed E-state index contributed by atoms with van der Waals surface area (Å²) >= 11 is 6.27. The molecule has 1 atom stereocenters. The van der Waals surface area contributed by atoms with Crippen molar-refractivity contribution in [3.8, 4) is 11.3 Å². The maximum absolute atomic E-state index is 13.9. The van der Waals surface area contributed by atoms with Gasteiger partial charge in [0, 0.05) is 25.3 Å². The number of imidazole rings is 1. The second-order valence-electron chi connectivity index (χ2n) is 5.40. The van der Waals surface area contributed by atoms with Crippen LogP contribution in [0.4, 0.5) is 4.39 Å². The van der Waals surface area contributed by atoms with Crippen molar-refractivity contribution in [1.82, 2.24) is 9.55 Å². The normalized spacial score (nSPS) is 12.6. The molecule has 0 saturated carbocycles. The molecule has 3 nitrogen and oxygen atoms in total. The van der Waals surface area contributed by atoms with Crippen molar-refractivity contribution in [2.75, 3.05) is 13.7 Å². The lowest BCUT2D eigenvalue weighted by molar-refractivity contribution is 0.152. The predicted octanol–water partition coefficient (Wildman–Crippen LogP) is 4.81. The number of hydrogen-bond donors (Lipinski definition) is 0. The first-order chi connectivity index (χ1) is 10.5. The number of methoxy groups -OCH3 is 1. The van der Waals surface area contributed by atoms with Crippen molar-refractivity contribution in [1.29, 1.82) is 0 Å². The molecule has 0 amide bonds. The Bertz CT molecular complexity index is 654. The van der Waals surface area contributed by atoms with E-state index >= 15 is 0 Å². The molecule has 0 bridgehead atoms. The Balaban J connectivity index is 2.49. The zero-order valence-electron chi connectivity index (χ0n) is 13.5. The lowest BCUT2D eigenvalue weighted by atomic mass is 10.1. The van der Waals surface area contributed by atoms with Crippen molar-refractivity contribution in [2.24, 2.45) is 0 Å². The fraction of sp³-hybridized carbons (Fsp3) is 0.471. The highest BCUT2D eigenvalue weighted by atomic mass is 35.5. The summed E-state index contributed by atoms with van der Waals surface area (Å²) in [7, 11) is 1.69. The van der Waals surface area contributed by atoms with Crippen LogP contribution in [-0.2, 0) is 11.2 Å². The van der Waals surface area contributed by atoms with E-state index in [1.54, 1.807) is 20.1 Å². The third-order valence-electron chi connectivity index (χ3n) is 3.87. The summed E-state index contributed by atoms with van der Waals surface area (Å²) in [6, 6.07) is 3.32. The summed E-state index contributed by atoms with van der Waals surface area (Å²) in [5.41, 5.74) is 1.87.